The van der Waals surface area contributed by atoms with E-state index >= 15 is 0 Å². The van der Waals surface area contributed by atoms with Gasteiger partial charge in [0, 0.05) is 36.9 Å². The van der Waals surface area contributed by atoms with Crippen molar-refractivity contribution in [3.05, 3.63) is 53.7 Å². The van der Waals surface area contributed by atoms with E-state index in [9.17, 15) is 9.59 Å². The Morgan fingerprint density at radius 1 is 1.18 bits per heavy atom. The molecule has 34 heavy (non-hydrogen) atoms. The van der Waals surface area contributed by atoms with Gasteiger partial charge in [-0.25, -0.2) is 5.10 Å². The number of hydrogen-bond acceptors (Lipinski definition) is 7. The summed E-state index contributed by atoms with van der Waals surface area (Å²) in [6.07, 6.45) is 0.947. The average molecular weight is 459 g/mol. The van der Waals surface area contributed by atoms with Crippen LogP contribution in [0.1, 0.15) is 33.7 Å². The second-order valence-corrected chi connectivity index (χ2v) is 8.41. The lowest BCUT2D eigenvalue weighted by Gasteiger charge is -2.44. The van der Waals surface area contributed by atoms with Gasteiger partial charge in [0.25, 0.3) is 11.8 Å². The molecule has 2 aliphatic rings. The number of piperidine rings is 1. The molecule has 172 valence electrons. The number of H-pyrrole nitrogens is 2. The number of aromatic nitrogens is 5. The molecule has 2 aliphatic heterocycles. The maximum atomic E-state index is 13.2. The van der Waals surface area contributed by atoms with E-state index in [4.69, 9.17) is 9.47 Å². The normalized spacial score (nSPS) is 16.7. The number of aromatic amines is 2. The van der Waals surface area contributed by atoms with Crippen LogP contribution in [0, 0.1) is 0 Å². The van der Waals surface area contributed by atoms with Gasteiger partial charge in [0.1, 0.15) is 17.2 Å². The van der Waals surface area contributed by atoms with E-state index in [0.29, 0.717) is 60.1 Å². The number of rotatable bonds is 3. The fourth-order valence-electron chi connectivity index (χ4n) is 4.62. The third-order valence-electron chi connectivity index (χ3n) is 6.42. The molecular formula is C23H21N7O4. The van der Waals surface area contributed by atoms with E-state index in [-0.39, 0.29) is 11.8 Å². The topological polar surface area (TPSA) is 138 Å². The van der Waals surface area contributed by atoms with Crippen LogP contribution < -0.4 is 14.8 Å². The number of methoxy groups -OCH3 is 1. The molecule has 0 aliphatic carbocycles. The molecule has 6 rings (SSSR count). The molecule has 1 saturated heterocycles. The van der Waals surface area contributed by atoms with Crippen LogP contribution in [-0.4, -0.2) is 68.2 Å². The molecule has 3 N–H and O–H groups in total. The zero-order chi connectivity index (χ0) is 23.3. The number of nitrogens with one attached hydrogen (secondary N) is 3. The Morgan fingerprint density at radius 3 is 2.79 bits per heavy atom. The standard InChI is InChI=1S/C23H21N7O4/c1-33-18-4-2-3-13-12-16(24-19(13)18)22(32)30-9-7-23(8-10-30)25-21(31)15-11-14(5-6-17(15)34-23)20-26-28-29-27-20/h2-6,11-12,24H,7-10H2,1H3,(H,25,31)(H,26,27,28,29). The van der Waals surface area contributed by atoms with Crippen molar-refractivity contribution in [1.29, 1.82) is 0 Å². The number of likely N-dealkylation sites (tertiary alicyclic amines) is 1. The van der Waals surface area contributed by atoms with Gasteiger partial charge >= 0.3 is 0 Å². The Hall–Kier alpha value is -4.41. The predicted octanol–water partition coefficient (Wildman–Crippen LogP) is 2.11. The lowest BCUT2D eigenvalue weighted by atomic mass is 9.96. The highest BCUT2D eigenvalue weighted by Crippen LogP contribution is 2.36. The number of hydrogen-bond donors (Lipinski definition) is 3. The highest BCUT2D eigenvalue weighted by Gasteiger charge is 2.43. The quantitative estimate of drug-likeness (QED) is 0.427. The number of nitrogens with zero attached hydrogens (tertiary/aromatic N) is 4. The van der Waals surface area contributed by atoms with E-state index in [1.165, 1.54) is 0 Å². The molecule has 1 spiro atoms. The van der Waals surface area contributed by atoms with Gasteiger partial charge in [-0.2, -0.15) is 0 Å². The molecule has 4 aromatic rings. The molecule has 0 radical (unpaired) electrons. The molecule has 11 nitrogen and oxygen atoms in total. The fourth-order valence-corrected chi connectivity index (χ4v) is 4.62. The number of amides is 2. The molecule has 4 heterocycles. The van der Waals surface area contributed by atoms with Crippen LogP contribution in [0.5, 0.6) is 11.5 Å². The number of fused-ring (bicyclic) bond motifs is 2. The summed E-state index contributed by atoms with van der Waals surface area (Å²) in [5, 5.41) is 17.6. The van der Waals surface area contributed by atoms with Crippen LogP contribution >= 0.6 is 0 Å². The first-order valence-electron chi connectivity index (χ1n) is 10.9. The maximum absolute atomic E-state index is 13.2. The summed E-state index contributed by atoms with van der Waals surface area (Å²) < 4.78 is 11.6. The van der Waals surface area contributed by atoms with Crippen LogP contribution in [-0.2, 0) is 0 Å². The summed E-state index contributed by atoms with van der Waals surface area (Å²) in [6.45, 7) is 0.894. The molecular weight excluding hydrogens is 438 g/mol. The van der Waals surface area contributed by atoms with Crippen molar-refractivity contribution in [2.24, 2.45) is 0 Å². The largest absolute Gasteiger partial charge is 0.495 e. The molecule has 2 aromatic heterocycles. The summed E-state index contributed by atoms with van der Waals surface area (Å²) in [5.74, 6) is 1.34. The maximum Gasteiger partial charge on any atom is 0.270 e. The minimum absolute atomic E-state index is 0.0963. The van der Waals surface area contributed by atoms with Gasteiger partial charge in [0.05, 0.1) is 18.2 Å². The second-order valence-electron chi connectivity index (χ2n) is 8.41. The monoisotopic (exact) mass is 459 g/mol. The van der Waals surface area contributed by atoms with E-state index in [1.54, 1.807) is 30.2 Å². The van der Waals surface area contributed by atoms with Gasteiger partial charge in [-0.15, -0.1) is 5.10 Å². The van der Waals surface area contributed by atoms with Crippen molar-refractivity contribution in [1.82, 2.24) is 35.8 Å². The van der Waals surface area contributed by atoms with Crippen LogP contribution in [0.4, 0.5) is 0 Å². The first-order valence-corrected chi connectivity index (χ1v) is 10.9. The summed E-state index contributed by atoms with van der Waals surface area (Å²) >= 11 is 0. The van der Waals surface area contributed by atoms with Crippen LogP contribution in [0.15, 0.2) is 42.5 Å². The van der Waals surface area contributed by atoms with Gasteiger partial charge in [-0.05, 0) is 40.8 Å². The van der Waals surface area contributed by atoms with Gasteiger partial charge in [-0.1, -0.05) is 12.1 Å². The van der Waals surface area contributed by atoms with E-state index in [2.05, 4.69) is 30.9 Å². The van der Waals surface area contributed by atoms with E-state index in [1.807, 2.05) is 24.3 Å². The predicted molar refractivity (Wildman–Crippen MR) is 120 cm³/mol. The Bertz CT molecular complexity index is 1400. The van der Waals surface area contributed by atoms with Crippen molar-refractivity contribution < 1.29 is 19.1 Å². The average Bonchev–Trinajstić information content (AvgIpc) is 3.54. The highest BCUT2D eigenvalue weighted by atomic mass is 16.5. The SMILES string of the molecule is COc1cccc2cc(C(=O)N3CCC4(CC3)NC(=O)c3cc(-c5nnn[nH]5)ccc3O4)[nH]c12. The van der Waals surface area contributed by atoms with Gasteiger partial charge < -0.3 is 24.7 Å². The summed E-state index contributed by atoms with van der Waals surface area (Å²) in [7, 11) is 1.60. The molecule has 2 amide bonds. The lowest BCUT2D eigenvalue weighted by molar-refractivity contribution is -0.0246. The number of ether oxygens (including phenoxy) is 2. The molecule has 11 heteroatoms. The van der Waals surface area contributed by atoms with E-state index in [0.717, 1.165) is 10.9 Å². The zero-order valence-electron chi connectivity index (χ0n) is 18.3. The molecule has 0 atom stereocenters. The van der Waals surface area contributed by atoms with Crippen molar-refractivity contribution in [3.63, 3.8) is 0 Å². The van der Waals surface area contributed by atoms with Crippen molar-refractivity contribution in [3.8, 4) is 22.9 Å². The van der Waals surface area contributed by atoms with E-state index < -0.39 is 5.72 Å². The van der Waals surface area contributed by atoms with Crippen LogP contribution in [0.25, 0.3) is 22.3 Å². The zero-order valence-corrected chi connectivity index (χ0v) is 18.3. The van der Waals surface area contributed by atoms with Crippen molar-refractivity contribution >= 4 is 22.7 Å². The molecule has 2 aromatic carbocycles. The molecule has 0 bridgehead atoms. The summed E-state index contributed by atoms with van der Waals surface area (Å²) in [6, 6.07) is 12.8. The van der Waals surface area contributed by atoms with Crippen molar-refractivity contribution in [2.75, 3.05) is 20.2 Å². The fraction of sp³-hybridized carbons (Fsp3) is 0.261. The first kappa shape index (κ1) is 20.2. The number of carbonyl (C=O) groups is 2. The summed E-state index contributed by atoms with van der Waals surface area (Å²) in [4.78, 5) is 31.0. The number of carbonyl (C=O) groups excluding carboxylic acids is 2. The number of para-hydroxylation sites is 1. The molecule has 1 fully saturated rings. The summed E-state index contributed by atoms with van der Waals surface area (Å²) in [5.41, 5.74) is 1.56. The number of tetrazole rings is 1. The third kappa shape index (κ3) is 3.24. The first-order chi connectivity index (χ1) is 16.5. The Balaban J connectivity index is 1.19. The van der Waals surface area contributed by atoms with Gasteiger partial charge in [0.2, 0.25) is 0 Å². The Kier molecular flexibility index (Phi) is 4.51. The Morgan fingerprint density at radius 2 is 2.03 bits per heavy atom. The van der Waals surface area contributed by atoms with Crippen LogP contribution in [0.2, 0.25) is 0 Å². The molecule has 0 saturated carbocycles. The Labute approximate surface area is 193 Å². The lowest BCUT2D eigenvalue weighted by Crippen LogP contribution is -2.61. The van der Waals surface area contributed by atoms with Crippen molar-refractivity contribution in [2.45, 2.75) is 18.6 Å². The van der Waals surface area contributed by atoms with Crippen LogP contribution in [0.3, 0.4) is 0 Å². The third-order valence-corrected chi connectivity index (χ3v) is 6.42. The minimum atomic E-state index is -0.847. The molecule has 0 unspecified atom stereocenters. The minimum Gasteiger partial charge on any atom is -0.495 e. The van der Waals surface area contributed by atoms with Gasteiger partial charge in [0.15, 0.2) is 11.5 Å². The van der Waals surface area contributed by atoms with Gasteiger partial charge in [-0.3, -0.25) is 9.59 Å². The highest BCUT2D eigenvalue weighted by molar-refractivity contribution is 6.00. The number of benzene rings is 2. The smallest absolute Gasteiger partial charge is 0.270 e. The second kappa shape index (κ2) is 7.58.